The van der Waals surface area contributed by atoms with E-state index in [1.54, 1.807) is 18.2 Å². The highest BCUT2D eigenvalue weighted by atomic mass is 16.5. The number of aliphatic carboxylic acids is 1. The molecule has 18 heavy (non-hydrogen) atoms. The number of hydrogen-bond donors (Lipinski definition) is 1. The van der Waals surface area contributed by atoms with E-state index in [0.29, 0.717) is 25.0 Å². The van der Waals surface area contributed by atoms with Crippen LogP contribution in [0.25, 0.3) is 0 Å². The van der Waals surface area contributed by atoms with Crippen molar-refractivity contribution in [3.05, 3.63) is 59.9 Å². The highest BCUT2D eigenvalue weighted by Gasteiger charge is 2.12. The lowest BCUT2D eigenvalue weighted by Crippen LogP contribution is -2.06. The molecule has 96 valence electrons. The zero-order chi connectivity index (χ0) is 13.4. The summed E-state index contributed by atoms with van der Waals surface area (Å²) in [6.45, 7) is 6.05. The van der Waals surface area contributed by atoms with E-state index >= 15 is 0 Å². The summed E-state index contributed by atoms with van der Waals surface area (Å²) < 4.78 is 5.63. The molecule has 3 nitrogen and oxygen atoms in total. The van der Waals surface area contributed by atoms with Gasteiger partial charge in [0.2, 0.25) is 0 Å². The molecule has 1 N–H and O–H groups in total. The molecule has 1 rings (SSSR count). The Balaban J connectivity index is 2.52. The lowest BCUT2D eigenvalue weighted by Gasteiger charge is -2.14. The zero-order valence-electron chi connectivity index (χ0n) is 10.6. The quantitative estimate of drug-likeness (QED) is 0.731. The number of allylic oxidation sites excluding steroid dienone is 6. The van der Waals surface area contributed by atoms with Crippen LogP contribution in [0.1, 0.15) is 19.8 Å². The van der Waals surface area contributed by atoms with Crippen LogP contribution in [-0.4, -0.2) is 17.7 Å². The largest absolute Gasteiger partial charge is 0.493 e. The molecular formula is C15H18O3. The third kappa shape index (κ3) is 4.45. The van der Waals surface area contributed by atoms with Gasteiger partial charge in [-0.1, -0.05) is 30.9 Å². The van der Waals surface area contributed by atoms with Crippen molar-refractivity contribution in [3.63, 3.8) is 0 Å². The Morgan fingerprint density at radius 2 is 2.28 bits per heavy atom. The fourth-order valence-corrected chi connectivity index (χ4v) is 1.51. The lowest BCUT2D eigenvalue weighted by atomic mass is 10.0. The Morgan fingerprint density at radius 1 is 1.50 bits per heavy atom. The van der Waals surface area contributed by atoms with Crippen molar-refractivity contribution in [2.45, 2.75) is 19.8 Å². The van der Waals surface area contributed by atoms with Crippen LogP contribution in [0.2, 0.25) is 0 Å². The van der Waals surface area contributed by atoms with Crippen molar-refractivity contribution in [2.24, 2.45) is 0 Å². The Labute approximate surface area is 107 Å². The second kappa shape index (κ2) is 7.33. The van der Waals surface area contributed by atoms with Crippen LogP contribution >= 0.6 is 0 Å². The number of rotatable bonds is 6. The summed E-state index contributed by atoms with van der Waals surface area (Å²) in [5.41, 5.74) is 1.49. The standard InChI is InChI=1S/C15H18O3/c1-3-5-6-12(4-2)11-18-14-9-7-13(8-10-14)15(16)17/h3-7,9H,1,8,10-11H2,2H3,(H,16,17)/b6-5-,12-4+. The van der Waals surface area contributed by atoms with Gasteiger partial charge in [-0.3, -0.25) is 0 Å². The van der Waals surface area contributed by atoms with Gasteiger partial charge >= 0.3 is 5.97 Å². The van der Waals surface area contributed by atoms with Gasteiger partial charge in [0.15, 0.2) is 0 Å². The monoisotopic (exact) mass is 246 g/mol. The third-order valence-corrected chi connectivity index (χ3v) is 2.63. The average molecular weight is 246 g/mol. The maximum Gasteiger partial charge on any atom is 0.331 e. The van der Waals surface area contributed by atoms with Crippen LogP contribution in [0, 0.1) is 0 Å². The Hall–Kier alpha value is -2.03. The highest BCUT2D eigenvalue weighted by Crippen LogP contribution is 2.20. The minimum Gasteiger partial charge on any atom is -0.493 e. The summed E-state index contributed by atoms with van der Waals surface area (Å²) in [5, 5.41) is 8.81. The number of ether oxygens (including phenoxy) is 1. The SMILES string of the molecule is C=C/C=C\C(=C/C)COC1=CC=C(C(=O)O)CC1. The Bertz CT molecular complexity index is 437. The molecule has 1 aliphatic rings. The first-order valence-corrected chi connectivity index (χ1v) is 5.87. The molecule has 0 heterocycles. The van der Waals surface area contributed by atoms with Gasteiger partial charge in [-0.25, -0.2) is 4.79 Å². The molecule has 0 amide bonds. The highest BCUT2D eigenvalue weighted by molar-refractivity contribution is 5.87. The number of carboxylic acids is 1. The molecule has 0 saturated heterocycles. The zero-order valence-corrected chi connectivity index (χ0v) is 10.6. The summed E-state index contributed by atoms with van der Waals surface area (Å²) >= 11 is 0. The fraction of sp³-hybridized carbons (Fsp3) is 0.267. The van der Waals surface area contributed by atoms with Gasteiger partial charge in [0.05, 0.1) is 5.76 Å². The lowest BCUT2D eigenvalue weighted by molar-refractivity contribution is -0.132. The summed E-state index contributed by atoms with van der Waals surface area (Å²) in [4.78, 5) is 10.7. The molecule has 0 aromatic heterocycles. The number of carbonyl (C=O) groups is 1. The van der Waals surface area contributed by atoms with Gasteiger partial charge in [-0.15, -0.1) is 0 Å². The molecule has 0 atom stereocenters. The summed E-state index contributed by atoms with van der Waals surface area (Å²) in [6, 6.07) is 0. The molecule has 0 radical (unpaired) electrons. The number of hydrogen-bond acceptors (Lipinski definition) is 2. The van der Waals surface area contributed by atoms with Crippen LogP contribution in [0.4, 0.5) is 0 Å². The number of carboxylic acid groups (broad SMARTS) is 1. The van der Waals surface area contributed by atoms with Crippen molar-refractivity contribution in [1.82, 2.24) is 0 Å². The van der Waals surface area contributed by atoms with Crippen LogP contribution in [-0.2, 0) is 9.53 Å². The maximum atomic E-state index is 10.7. The second-order valence-electron chi connectivity index (χ2n) is 3.88. The molecule has 0 aliphatic heterocycles. The van der Waals surface area contributed by atoms with Gasteiger partial charge < -0.3 is 9.84 Å². The normalized spacial score (nSPS) is 16.2. The van der Waals surface area contributed by atoms with E-state index in [-0.39, 0.29) is 0 Å². The van der Waals surface area contributed by atoms with E-state index < -0.39 is 5.97 Å². The molecule has 0 fully saturated rings. The van der Waals surface area contributed by atoms with E-state index in [4.69, 9.17) is 9.84 Å². The fourth-order valence-electron chi connectivity index (χ4n) is 1.51. The van der Waals surface area contributed by atoms with Crippen molar-refractivity contribution in [2.75, 3.05) is 6.61 Å². The molecule has 0 spiro atoms. The van der Waals surface area contributed by atoms with Crippen molar-refractivity contribution in [1.29, 1.82) is 0 Å². The van der Waals surface area contributed by atoms with E-state index in [2.05, 4.69) is 6.58 Å². The van der Waals surface area contributed by atoms with Gasteiger partial charge in [-0.2, -0.15) is 0 Å². The summed E-state index contributed by atoms with van der Waals surface area (Å²) in [5.74, 6) is -0.0280. The van der Waals surface area contributed by atoms with Crippen molar-refractivity contribution >= 4 is 5.97 Å². The van der Waals surface area contributed by atoms with Crippen LogP contribution in [0.15, 0.2) is 59.9 Å². The first-order chi connectivity index (χ1) is 8.67. The van der Waals surface area contributed by atoms with Gasteiger partial charge in [0, 0.05) is 12.0 Å². The van der Waals surface area contributed by atoms with Crippen molar-refractivity contribution < 1.29 is 14.6 Å². The van der Waals surface area contributed by atoms with Crippen LogP contribution in [0.5, 0.6) is 0 Å². The maximum absolute atomic E-state index is 10.7. The minimum atomic E-state index is -0.853. The molecule has 0 unspecified atom stereocenters. The molecular weight excluding hydrogens is 228 g/mol. The van der Waals surface area contributed by atoms with E-state index in [9.17, 15) is 4.79 Å². The predicted octanol–water partition coefficient (Wildman–Crippen LogP) is 3.38. The molecule has 0 aromatic rings. The van der Waals surface area contributed by atoms with Gasteiger partial charge in [-0.05, 0) is 31.1 Å². The Kier molecular flexibility index (Phi) is 5.71. The first kappa shape index (κ1) is 14.0. The van der Waals surface area contributed by atoms with Crippen LogP contribution < -0.4 is 0 Å². The van der Waals surface area contributed by atoms with Crippen molar-refractivity contribution in [3.8, 4) is 0 Å². The van der Waals surface area contributed by atoms with E-state index in [1.807, 2.05) is 25.2 Å². The first-order valence-electron chi connectivity index (χ1n) is 5.87. The smallest absolute Gasteiger partial charge is 0.331 e. The average Bonchev–Trinajstić information content (AvgIpc) is 2.39. The topological polar surface area (TPSA) is 46.5 Å². The Morgan fingerprint density at radius 3 is 2.78 bits per heavy atom. The summed E-state index contributed by atoms with van der Waals surface area (Å²) in [6.07, 6.45) is 12.0. The minimum absolute atomic E-state index is 0.431. The van der Waals surface area contributed by atoms with Gasteiger partial charge in [0.25, 0.3) is 0 Å². The van der Waals surface area contributed by atoms with E-state index in [0.717, 1.165) is 11.3 Å². The van der Waals surface area contributed by atoms with E-state index in [1.165, 1.54) is 0 Å². The predicted molar refractivity (Wildman–Crippen MR) is 72.1 cm³/mol. The van der Waals surface area contributed by atoms with Gasteiger partial charge in [0.1, 0.15) is 6.61 Å². The molecule has 1 aliphatic carbocycles. The van der Waals surface area contributed by atoms with Crippen LogP contribution in [0.3, 0.4) is 0 Å². The summed E-state index contributed by atoms with van der Waals surface area (Å²) in [7, 11) is 0. The second-order valence-corrected chi connectivity index (χ2v) is 3.88. The molecule has 3 heteroatoms. The third-order valence-electron chi connectivity index (χ3n) is 2.63. The molecule has 0 bridgehead atoms. The molecule has 0 saturated carbocycles. The molecule has 0 aromatic carbocycles.